The minimum absolute atomic E-state index is 0.223. The fourth-order valence-electron chi connectivity index (χ4n) is 1.86. The zero-order valence-electron chi connectivity index (χ0n) is 8.98. The molecule has 86 valence electrons. The number of ether oxygens (including phenoxy) is 1. The van der Waals surface area contributed by atoms with Crippen molar-refractivity contribution in [1.82, 2.24) is 5.32 Å². The van der Waals surface area contributed by atoms with Gasteiger partial charge in [-0.15, -0.1) is 0 Å². The summed E-state index contributed by atoms with van der Waals surface area (Å²) in [4.78, 5) is 10.9. The van der Waals surface area contributed by atoms with Crippen LogP contribution in [0.25, 0.3) is 0 Å². The largest absolute Gasteiger partial charge is 0.491 e. The van der Waals surface area contributed by atoms with Crippen LogP contribution in [0.1, 0.15) is 23.2 Å². The number of nitrogens with one attached hydrogen (secondary N) is 1. The Morgan fingerprint density at radius 3 is 3.00 bits per heavy atom. The van der Waals surface area contributed by atoms with E-state index in [4.69, 9.17) is 9.84 Å². The second-order valence-corrected chi connectivity index (χ2v) is 3.91. The molecule has 0 radical (unpaired) electrons. The van der Waals surface area contributed by atoms with Gasteiger partial charge in [0.1, 0.15) is 17.9 Å². The van der Waals surface area contributed by atoms with Crippen LogP contribution in [0.2, 0.25) is 0 Å². The molecule has 1 heterocycles. The molecule has 4 heteroatoms. The van der Waals surface area contributed by atoms with Crippen molar-refractivity contribution in [2.45, 2.75) is 18.9 Å². The van der Waals surface area contributed by atoms with Crippen molar-refractivity contribution >= 4 is 5.97 Å². The van der Waals surface area contributed by atoms with Crippen LogP contribution in [0.5, 0.6) is 5.75 Å². The lowest BCUT2D eigenvalue weighted by Gasteiger charge is -2.13. The Morgan fingerprint density at radius 2 is 2.31 bits per heavy atom. The van der Waals surface area contributed by atoms with Crippen molar-refractivity contribution in [3.05, 3.63) is 29.8 Å². The summed E-state index contributed by atoms with van der Waals surface area (Å²) >= 11 is 0. The molecule has 0 bridgehead atoms. The van der Waals surface area contributed by atoms with Gasteiger partial charge < -0.3 is 15.2 Å². The molecule has 1 aliphatic heterocycles. The molecule has 1 atom stereocenters. The number of benzene rings is 1. The van der Waals surface area contributed by atoms with E-state index < -0.39 is 5.97 Å². The van der Waals surface area contributed by atoms with Gasteiger partial charge in [0.2, 0.25) is 0 Å². The van der Waals surface area contributed by atoms with E-state index in [9.17, 15) is 4.79 Å². The first-order valence-corrected chi connectivity index (χ1v) is 5.46. The van der Waals surface area contributed by atoms with Crippen LogP contribution >= 0.6 is 0 Å². The maximum absolute atomic E-state index is 10.9. The Bertz CT molecular complexity index is 372. The lowest BCUT2D eigenvalue weighted by molar-refractivity contribution is 0.0691. The molecule has 2 rings (SSSR count). The monoisotopic (exact) mass is 221 g/mol. The van der Waals surface area contributed by atoms with Crippen LogP contribution in [0.4, 0.5) is 0 Å². The molecular weight excluding hydrogens is 206 g/mol. The number of carboxylic acids is 1. The van der Waals surface area contributed by atoms with Gasteiger partial charge in [-0.25, -0.2) is 4.79 Å². The summed E-state index contributed by atoms with van der Waals surface area (Å²) in [5.41, 5.74) is 0.223. The van der Waals surface area contributed by atoms with Crippen molar-refractivity contribution in [1.29, 1.82) is 0 Å². The number of carbonyl (C=O) groups is 1. The average Bonchev–Trinajstić information content (AvgIpc) is 2.79. The van der Waals surface area contributed by atoms with Gasteiger partial charge in [0.05, 0.1) is 0 Å². The van der Waals surface area contributed by atoms with E-state index in [1.165, 1.54) is 0 Å². The fraction of sp³-hybridized carbons (Fsp3) is 0.417. The molecule has 1 aromatic carbocycles. The fourth-order valence-corrected chi connectivity index (χ4v) is 1.86. The summed E-state index contributed by atoms with van der Waals surface area (Å²) in [7, 11) is 0. The van der Waals surface area contributed by atoms with Crippen LogP contribution in [0.3, 0.4) is 0 Å². The van der Waals surface area contributed by atoms with Crippen LogP contribution in [-0.4, -0.2) is 30.3 Å². The molecule has 1 unspecified atom stereocenters. The molecule has 2 N–H and O–H groups in total. The first kappa shape index (κ1) is 11.0. The molecule has 0 spiro atoms. The van der Waals surface area contributed by atoms with Crippen molar-refractivity contribution in [2.75, 3.05) is 13.2 Å². The van der Waals surface area contributed by atoms with Crippen LogP contribution in [0.15, 0.2) is 24.3 Å². The number of carboxylic acid groups (broad SMARTS) is 1. The predicted molar refractivity (Wildman–Crippen MR) is 59.9 cm³/mol. The Kier molecular flexibility index (Phi) is 3.41. The molecular formula is C12H15NO3. The molecule has 1 aromatic rings. The summed E-state index contributed by atoms with van der Waals surface area (Å²) < 4.78 is 5.54. The number of rotatable bonds is 4. The summed E-state index contributed by atoms with van der Waals surface area (Å²) in [6.45, 7) is 1.55. The highest BCUT2D eigenvalue weighted by Gasteiger charge is 2.16. The normalized spacial score (nSPS) is 19.6. The number of hydrogen-bond acceptors (Lipinski definition) is 3. The maximum Gasteiger partial charge on any atom is 0.339 e. The average molecular weight is 221 g/mol. The Morgan fingerprint density at radius 1 is 1.50 bits per heavy atom. The highest BCUT2D eigenvalue weighted by Crippen LogP contribution is 2.18. The molecule has 16 heavy (non-hydrogen) atoms. The Balaban J connectivity index is 2.00. The Labute approximate surface area is 94.2 Å². The predicted octanol–water partition coefficient (Wildman–Crippen LogP) is 1.52. The topological polar surface area (TPSA) is 58.6 Å². The smallest absolute Gasteiger partial charge is 0.339 e. The molecule has 0 amide bonds. The third kappa shape index (κ3) is 2.52. The second kappa shape index (κ2) is 4.99. The minimum Gasteiger partial charge on any atom is -0.491 e. The number of hydrogen-bond donors (Lipinski definition) is 2. The van der Waals surface area contributed by atoms with Gasteiger partial charge in [0, 0.05) is 6.04 Å². The molecule has 4 nitrogen and oxygen atoms in total. The van der Waals surface area contributed by atoms with E-state index in [-0.39, 0.29) is 5.56 Å². The van der Waals surface area contributed by atoms with Gasteiger partial charge in [-0.2, -0.15) is 0 Å². The Hall–Kier alpha value is -1.55. The van der Waals surface area contributed by atoms with E-state index in [2.05, 4.69) is 5.32 Å². The minimum atomic E-state index is -0.949. The van der Waals surface area contributed by atoms with Crippen LogP contribution in [0, 0.1) is 0 Å². The highest BCUT2D eigenvalue weighted by atomic mass is 16.5. The lowest BCUT2D eigenvalue weighted by Crippen LogP contribution is -2.28. The van der Waals surface area contributed by atoms with E-state index in [0.29, 0.717) is 18.4 Å². The first-order valence-electron chi connectivity index (χ1n) is 5.46. The summed E-state index contributed by atoms with van der Waals surface area (Å²) in [6.07, 6.45) is 2.25. The maximum atomic E-state index is 10.9. The van der Waals surface area contributed by atoms with Crippen molar-refractivity contribution in [3.8, 4) is 5.75 Å². The van der Waals surface area contributed by atoms with Crippen LogP contribution < -0.4 is 10.1 Å². The highest BCUT2D eigenvalue weighted by molar-refractivity contribution is 5.90. The SMILES string of the molecule is O=C(O)c1ccccc1OCC1CCCN1. The summed E-state index contributed by atoms with van der Waals surface area (Å²) in [5.74, 6) is -0.501. The van der Waals surface area contributed by atoms with Gasteiger partial charge in [-0.1, -0.05) is 12.1 Å². The third-order valence-electron chi connectivity index (χ3n) is 2.72. The second-order valence-electron chi connectivity index (χ2n) is 3.91. The van der Waals surface area contributed by atoms with Crippen LogP contribution in [-0.2, 0) is 0 Å². The zero-order valence-corrected chi connectivity index (χ0v) is 8.98. The third-order valence-corrected chi connectivity index (χ3v) is 2.72. The lowest BCUT2D eigenvalue weighted by atomic mass is 10.2. The van der Waals surface area contributed by atoms with Gasteiger partial charge in [0.25, 0.3) is 0 Å². The molecule has 0 saturated carbocycles. The van der Waals surface area contributed by atoms with Gasteiger partial charge in [-0.05, 0) is 31.5 Å². The number of aromatic carboxylic acids is 1. The van der Waals surface area contributed by atoms with Gasteiger partial charge in [0.15, 0.2) is 0 Å². The summed E-state index contributed by atoms with van der Waals surface area (Å²) in [5, 5.41) is 12.3. The van der Waals surface area contributed by atoms with E-state index in [1.807, 2.05) is 0 Å². The van der Waals surface area contributed by atoms with Gasteiger partial charge >= 0.3 is 5.97 Å². The number of para-hydroxylation sites is 1. The van der Waals surface area contributed by atoms with Crippen molar-refractivity contribution in [2.24, 2.45) is 0 Å². The van der Waals surface area contributed by atoms with Crippen molar-refractivity contribution < 1.29 is 14.6 Å². The molecule has 0 aliphatic carbocycles. The van der Waals surface area contributed by atoms with Crippen molar-refractivity contribution in [3.63, 3.8) is 0 Å². The van der Waals surface area contributed by atoms with Gasteiger partial charge in [-0.3, -0.25) is 0 Å². The molecule has 0 aromatic heterocycles. The van der Waals surface area contributed by atoms with E-state index >= 15 is 0 Å². The molecule has 1 fully saturated rings. The van der Waals surface area contributed by atoms with E-state index in [0.717, 1.165) is 19.4 Å². The standard InChI is InChI=1S/C12H15NO3/c14-12(15)10-5-1-2-6-11(10)16-8-9-4-3-7-13-9/h1-2,5-6,9,13H,3-4,7-8H2,(H,14,15). The molecule has 1 saturated heterocycles. The van der Waals surface area contributed by atoms with E-state index in [1.54, 1.807) is 24.3 Å². The quantitative estimate of drug-likeness (QED) is 0.809. The zero-order chi connectivity index (χ0) is 11.4. The first-order chi connectivity index (χ1) is 7.77. The summed E-state index contributed by atoms with van der Waals surface area (Å²) in [6, 6.07) is 7.08. The molecule has 1 aliphatic rings.